The molecule has 4 heteroatoms. The molecule has 0 saturated carbocycles. The van der Waals surface area contributed by atoms with Gasteiger partial charge in [-0.25, -0.2) is 0 Å². The maximum Gasteiger partial charge on any atom is 0.122 e. The molecule has 118 valence electrons. The van der Waals surface area contributed by atoms with E-state index in [0.717, 1.165) is 45.1 Å². The Bertz CT molecular complexity index is 430. The van der Waals surface area contributed by atoms with Crippen molar-refractivity contribution in [3.05, 3.63) is 29.3 Å². The molecule has 1 fully saturated rings. The van der Waals surface area contributed by atoms with Gasteiger partial charge in [0.15, 0.2) is 0 Å². The zero-order valence-corrected chi connectivity index (χ0v) is 13.4. The van der Waals surface area contributed by atoms with Gasteiger partial charge in [0.1, 0.15) is 12.4 Å². The number of rotatable bonds is 7. The Morgan fingerprint density at radius 1 is 1.24 bits per heavy atom. The van der Waals surface area contributed by atoms with E-state index in [1.807, 2.05) is 0 Å². The Kier molecular flexibility index (Phi) is 6.49. The summed E-state index contributed by atoms with van der Waals surface area (Å²) in [6.07, 6.45) is 1.27. The zero-order valence-electron chi connectivity index (χ0n) is 13.4. The van der Waals surface area contributed by atoms with E-state index < -0.39 is 0 Å². The molecule has 1 aromatic carbocycles. The van der Waals surface area contributed by atoms with Crippen molar-refractivity contribution in [3.8, 4) is 5.75 Å². The van der Waals surface area contributed by atoms with Gasteiger partial charge in [0.25, 0.3) is 0 Å². The van der Waals surface area contributed by atoms with E-state index in [1.165, 1.54) is 11.1 Å². The van der Waals surface area contributed by atoms with Gasteiger partial charge in [-0.2, -0.15) is 0 Å². The monoisotopic (exact) mass is 293 g/mol. The van der Waals surface area contributed by atoms with Crippen LogP contribution in [0.1, 0.15) is 17.5 Å². The smallest absolute Gasteiger partial charge is 0.122 e. The van der Waals surface area contributed by atoms with Crippen molar-refractivity contribution >= 4 is 0 Å². The normalized spacial score (nSPS) is 19.0. The van der Waals surface area contributed by atoms with Gasteiger partial charge in [0.2, 0.25) is 0 Å². The summed E-state index contributed by atoms with van der Waals surface area (Å²) in [6.45, 7) is 9.01. The maximum atomic E-state index is 5.86. The molecule has 2 rings (SSSR count). The highest BCUT2D eigenvalue weighted by Crippen LogP contribution is 2.18. The van der Waals surface area contributed by atoms with Crippen molar-refractivity contribution in [1.29, 1.82) is 0 Å². The lowest BCUT2D eigenvalue weighted by Gasteiger charge is -2.25. The first-order valence-corrected chi connectivity index (χ1v) is 7.73. The fourth-order valence-electron chi connectivity index (χ4n) is 2.45. The summed E-state index contributed by atoms with van der Waals surface area (Å²) in [6, 6.07) is 6.30. The third kappa shape index (κ3) is 5.65. The molecule has 0 aliphatic carbocycles. The second kappa shape index (κ2) is 8.37. The van der Waals surface area contributed by atoms with Gasteiger partial charge in [-0.05, 0) is 38.9 Å². The first-order valence-electron chi connectivity index (χ1n) is 7.73. The lowest BCUT2D eigenvalue weighted by atomic mass is 10.1. The molecular formula is C17H27NO3. The SMILES string of the molecule is Cc1ccc(OCCN(C)CCC2COCCO2)c(C)c1. The molecule has 4 nitrogen and oxygen atoms in total. The Morgan fingerprint density at radius 2 is 2.10 bits per heavy atom. The molecular weight excluding hydrogens is 266 g/mol. The fourth-order valence-corrected chi connectivity index (χ4v) is 2.45. The van der Waals surface area contributed by atoms with E-state index in [2.05, 4.69) is 44.0 Å². The number of ether oxygens (including phenoxy) is 3. The van der Waals surface area contributed by atoms with Crippen LogP contribution < -0.4 is 4.74 Å². The number of hydrogen-bond acceptors (Lipinski definition) is 4. The van der Waals surface area contributed by atoms with E-state index >= 15 is 0 Å². The summed E-state index contributed by atoms with van der Waals surface area (Å²) in [7, 11) is 2.12. The third-order valence-corrected chi connectivity index (χ3v) is 3.78. The highest BCUT2D eigenvalue weighted by Gasteiger charge is 2.14. The van der Waals surface area contributed by atoms with E-state index in [0.29, 0.717) is 6.61 Å². The molecule has 1 heterocycles. The molecule has 1 unspecified atom stereocenters. The van der Waals surface area contributed by atoms with Crippen molar-refractivity contribution < 1.29 is 14.2 Å². The van der Waals surface area contributed by atoms with E-state index in [4.69, 9.17) is 14.2 Å². The standard InChI is InChI=1S/C17H27NO3/c1-14-4-5-17(15(2)12-14)21-9-8-18(3)7-6-16-13-19-10-11-20-16/h4-5,12,16H,6-11,13H2,1-3H3. The summed E-state index contributed by atoms with van der Waals surface area (Å²) in [4.78, 5) is 2.28. The fraction of sp³-hybridized carbons (Fsp3) is 0.647. The molecule has 0 aromatic heterocycles. The van der Waals surface area contributed by atoms with Crippen molar-refractivity contribution in [3.63, 3.8) is 0 Å². The largest absolute Gasteiger partial charge is 0.492 e. The van der Waals surface area contributed by atoms with Gasteiger partial charge in [-0.3, -0.25) is 0 Å². The molecule has 0 bridgehead atoms. The summed E-state index contributed by atoms with van der Waals surface area (Å²) >= 11 is 0. The zero-order chi connectivity index (χ0) is 15.1. The van der Waals surface area contributed by atoms with Gasteiger partial charge in [0.05, 0.1) is 25.9 Å². The molecule has 0 N–H and O–H groups in total. The molecule has 1 aliphatic heterocycles. The van der Waals surface area contributed by atoms with Crippen LogP contribution in [-0.2, 0) is 9.47 Å². The second-order valence-corrected chi connectivity index (χ2v) is 5.78. The summed E-state index contributed by atoms with van der Waals surface area (Å²) in [5.41, 5.74) is 2.47. The highest BCUT2D eigenvalue weighted by molar-refractivity contribution is 5.35. The number of likely N-dealkylation sites (N-methyl/N-ethyl adjacent to an activating group) is 1. The third-order valence-electron chi connectivity index (χ3n) is 3.78. The maximum absolute atomic E-state index is 5.86. The number of hydrogen-bond donors (Lipinski definition) is 0. The van der Waals surface area contributed by atoms with Crippen LogP contribution in [-0.4, -0.2) is 57.6 Å². The van der Waals surface area contributed by atoms with Gasteiger partial charge < -0.3 is 19.1 Å². The molecule has 21 heavy (non-hydrogen) atoms. The van der Waals surface area contributed by atoms with Crippen LogP contribution in [0, 0.1) is 13.8 Å². The molecule has 1 atom stereocenters. The van der Waals surface area contributed by atoms with Gasteiger partial charge >= 0.3 is 0 Å². The van der Waals surface area contributed by atoms with E-state index in [1.54, 1.807) is 0 Å². The molecule has 1 aromatic rings. The van der Waals surface area contributed by atoms with Crippen molar-refractivity contribution in [2.75, 3.05) is 46.6 Å². The van der Waals surface area contributed by atoms with Crippen molar-refractivity contribution in [2.45, 2.75) is 26.4 Å². The quantitative estimate of drug-likeness (QED) is 0.772. The number of nitrogens with zero attached hydrogens (tertiary/aromatic N) is 1. The van der Waals surface area contributed by atoms with Gasteiger partial charge in [-0.15, -0.1) is 0 Å². The first kappa shape index (κ1) is 16.3. The van der Waals surface area contributed by atoms with Gasteiger partial charge in [-0.1, -0.05) is 17.7 Å². The molecule has 0 amide bonds. The Hall–Kier alpha value is -1.10. The van der Waals surface area contributed by atoms with Crippen LogP contribution in [0.3, 0.4) is 0 Å². The second-order valence-electron chi connectivity index (χ2n) is 5.78. The van der Waals surface area contributed by atoms with Crippen LogP contribution in [0.2, 0.25) is 0 Å². The minimum Gasteiger partial charge on any atom is -0.492 e. The Labute approximate surface area is 128 Å². The van der Waals surface area contributed by atoms with Crippen molar-refractivity contribution in [1.82, 2.24) is 4.90 Å². The average molecular weight is 293 g/mol. The summed E-state index contributed by atoms with van der Waals surface area (Å²) in [5.74, 6) is 0.984. The molecule has 0 radical (unpaired) electrons. The summed E-state index contributed by atoms with van der Waals surface area (Å²) < 4.78 is 16.9. The predicted octanol–water partition coefficient (Wildman–Crippen LogP) is 2.42. The highest BCUT2D eigenvalue weighted by atomic mass is 16.6. The minimum absolute atomic E-state index is 0.251. The Morgan fingerprint density at radius 3 is 2.81 bits per heavy atom. The topological polar surface area (TPSA) is 30.9 Å². The van der Waals surface area contributed by atoms with Gasteiger partial charge in [0, 0.05) is 13.1 Å². The van der Waals surface area contributed by atoms with Crippen LogP contribution in [0.4, 0.5) is 0 Å². The molecule has 0 spiro atoms. The summed E-state index contributed by atoms with van der Waals surface area (Å²) in [5, 5.41) is 0. The van der Waals surface area contributed by atoms with Crippen LogP contribution in [0.25, 0.3) is 0 Å². The first-order chi connectivity index (χ1) is 10.1. The predicted molar refractivity (Wildman–Crippen MR) is 84.1 cm³/mol. The van der Waals surface area contributed by atoms with E-state index in [9.17, 15) is 0 Å². The molecule has 1 saturated heterocycles. The number of aryl methyl sites for hydroxylation is 2. The van der Waals surface area contributed by atoms with E-state index in [-0.39, 0.29) is 6.10 Å². The lowest BCUT2D eigenvalue weighted by Crippen LogP contribution is -2.33. The molecule has 1 aliphatic rings. The Balaban J connectivity index is 1.63. The lowest BCUT2D eigenvalue weighted by molar-refractivity contribution is -0.0923. The van der Waals surface area contributed by atoms with Crippen LogP contribution >= 0.6 is 0 Å². The number of benzene rings is 1. The minimum atomic E-state index is 0.251. The van der Waals surface area contributed by atoms with Crippen molar-refractivity contribution in [2.24, 2.45) is 0 Å². The van der Waals surface area contributed by atoms with Crippen LogP contribution in [0.5, 0.6) is 5.75 Å². The average Bonchev–Trinajstić information content (AvgIpc) is 2.48. The van der Waals surface area contributed by atoms with Crippen LogP contribution in [0.15, 0.2) is 18.2 Å².